The highest BCUT2D eigenvalue weighted by Gasteiger charge is 2.56. The van der Waals surface area contributed by atoms with Crippen molar-refractivity contribution in [1.29, 1.82) is 0 Å². The van der Waals surface area contributed by atoms with Gasteiger partial charge in [-0.3, -0.25) is 4.79 Å². The van der Waals surface area contributed by atoms with Gasteiger partial charge < -0.3 is 51.0 Å². The van der Waals surface area contributed by atoms with E-state index in [4.69, 9.17) is 14.7 Å². The molecule has 8 N–H and O–H groups in total. The van der Waals surface area contributed by atoms with Gasteiger partial charge in [-0.05, 0) is 60.4 Å². The first-order valence-corrected chi connectivity index (χ1v) is 17.6. The Labute approximate surface area is 305 Å². The molecule has 3 heterocycles. The maximum Gasteiger partial charge on any atom is 0.412 e. The molecule has 53 heavy (non-hydrogen) atoms. The van der Waals surface area contributed by atoms with Crippen molar-refractivity contribution in [2.24, 2.45) is 0 Å². The molecule has 2 amide bonds. The van der Waals surface area contributed by atoms with Crippen LogP contribution in [0.5, 0.6) is 17.2 Å². The first kappa shape index (κ1) is 35.6. The van der Waals surface area contributed by atoms with Crippen molar-refractivity contribution in [2.45, 2.75) is 61.9 Å². The number of H-pyrrole nitrogens is 1. The number of phenols is 2. The summed E-state index contributed by atoms with van der Waals surface area (Å²) in [5, 5.41) is 53.0. The number of aromatic hydroxyl groups is 2. The number of phenolic OH excluding ortho intramolecular Hbond substituents is 2. The fraction of sp³-hybridized carbons (Fsp3) is 0.342. The second kappa shape index (κ2) is 15.1. The van der Waals surface area contributed by atoms with E-state index in [9.17, 15) is 30.0 Å². The summed E-state index contributed by atoms with van der Waals surface area (Å²) in [6, 6.07) is 21.3. The fourth-order valence-corrected chi connectivity index (χ4v) is 7.30. The Morgan fingerprint density at radius 1 is 0.962 bits per heavy atom. The minimum absolute atomic E-state index is 0.0624. The molecule has 0 unspecified atom stereocenters. The van der Waals surface area contributed by atoms with Crippen LogP contribution in [-0.4, -0.2) is 96.3 Å². The number of carbonyl (C=O) groups is 2. The molecule has 276 valence electrons. The van der Waals surface area contributed by atoms with Crippen molar-refractivity contribution in [1.82, 2.24) is 35.9 Å². The van der Waals surface area contributed by atoms with Crippen LogP contribution in [0.4, 0.5) is 10.7 Å². The standard InChI is InChI=1S/C38H42N8O7/c1-2-30(49)43-29-18-38(34(51)32(29)50,41-19-28(22-8-12-25(47)13-9-22)23-10-14-26(48)15-11-23)33-31-35(40-21-39-31)45-36(44-33)46-17-16-24(20-46)42-37(52)53-27-6-4-3-5-7-27/h3-15,21,24,28-29,32,34,41,47-48,50-51H,2,16-20H2,1H3,(H,42,52)(H,43,49)(H,39,40,44,45)/t24-,29+,32-,34-,38-/m1/s1. The average molecular weight is 723 g/mol. The van der Waals surface area contributed by atoms with Gasteiger partial charge in [0, 0.05) is 32.0 Å². The highest BCUT2D eigenvalue weighted by atomic mass is 16.6. The molecule has 15 heteroatoms. The molecule has 2 fully saturated rings. The Balaban J connectivity index is 1.23. The number of anilines is 1. The predicted molar refractivity (Wildman–Crippen MR) is 194 cm³/mol. The number of imidazole rings is 1. The Morgan fingerprint density at radius 3 is 2.30 bits per heavy atom. The molecule has 0 spiro atoms. The number of ether oxygens (including phenoxy) is 1. The van der Waals surface area contributed by atoms with Crippen LogP contribution in [0.3, 0.4) is 0 Å². The number of para-hydroxylation sites is 1. The van der Waals surface area contributed by atoms with Crippen molar-refractivity contribution in [3.05, 3.63) is 102 Å². The van der Waals surface area contributed by atoms with Crippen molar-refractivity contribution < 1.29 is 34.8 Å². The van der Waals surface area contributed by atoms with Gasteiger partial charge in [0.2, 0.25) is 11.9 Å². The molecular formula is C38H42N8O7. The maximum absolute atomic E-state index is 12.7. The van der Waals surface area contributed by atoms with Gasteiger partial charge in [-0.15, -0.1) is 0 Å². The molecule has 3 aromatic carbocycles. The molecule has 15 nitrogen and oxygen atoms in total. The zero-order valence-electron chi connectivity index (χ0n) is 29.0. The largest absolute Gasteiger partial charge is 0.508 e. The van der Waals surface area contributed by atoms with Gasteiger partial charge in [0.1, 0.15) is 35.0 Å². The third kappa shape index (κ3) is 7.44. The van der Waals surface area contributed by atoms with E-state index in [1.807, 2.05) is 11.0 Å². The maximum atomic E-state index is 12.7. The summed E-state index contributed by atoms with van der Waals surface area (Å²) < 4.78 is 5.43. The van der Waals surface area contributed by atoms with Crippen LogP contribution < -0.4 is 25.6 Å². The molecular weight excluding hydrogens is 680 g/mol. The van der Waals surface area contributed by atoms with Gasteiger partial charge in [-0.2, -0.15) is 4.98 Å². The predicted octanol–water partition coefficient (Wildman–Crippen LogP) is 2.77. The number of benzene rings is 3. The minimum atomic E-state index is -1.45. The summed E-state index contributed by atoms with van der Waals surface area (Å²) in [6.45, 7) is 2.81. The number of hydrogen-bond acceptors (Lipinski definition) is 12. The summed E-state index contributed by atoms with van der Waals surface area (Å²) in [5.74, 6) is 0.340. The minimum Gasteiger partial charge on any atom is -0.508 e. The van der Waals surface area contributed by atoms with Crippen LogP contribution >= 0.6 is 0 Å². The van der Waals surface area contributed by atoms with Crippen LogP contribution in [0, 0.1) is 0 Å². The van der Waals surface area contributed by atoms with E-state index in [1.165, 1.54) is 6.33 Å². The van der Waals surface area contributed by atoms with Crippen LogP contribution in [0.25, 0.3) is 11.2 Å². The summed E-state index contributed by atoms with van der Waals surface area (Å²) in [4.78, 5) is 44.6. The van der Waals surface area contributed by atoms with Crippen molar-refractivity contribution in [2.75, 3.05) is 24.5 Å². The Bertz CT molecular complexity index is 2000. The van der Waals surface area contributed by atoms with Gasteiger partial charge >= 0.3 is 6.09 Å². The number of aromatic nitrogens is 4. The third-order valence-corrected chi connectivity index (χ3v) is 10.1. The van der Waals surface area contributed by atoms with Crippen LogP contribution in [0.2, 0.25) is 0 Å². The van der Waals surface area contributed by atoms with E-state index < -0.39 is 29.9 Å². The second-order valence-electron chi connectivity index (χ2n) is 13.5. The number of hydrogen-bond donors (Lipinski definition) is 8. The fourth-order valence-electron chi connectivity index (χ4n) is 7.30. The van der Waals surface area contributed by atoms with E-state index in [1.54, 1.807) is 79.7 Å². The molecule has 0 radical (unpaired) electrons. The number of nitrogens with zero attached hydrogens (tertiary/aromatic N) is 4. The Kier molecular flexibility index (Phi) is 10.1. The SMILES string of the molecule is CCC(=O)N[C@H]1C[C@@](NCC(c2ccc(O)cc2)c2ccc(O)cc2)(c2nc(N3CC[C@@H](NC(=O)Oc4ccccc4)C3)nc3[nH]cnc23)[C@H](O)[C@@H]1O. The normalized spacial score (nSPS) is 22.7. The molecule has 1 aliphatic heterocycles. The number of aliphatic hydroxyl groups excluding tert-OH is 2. The summed E-state index contributed by atoms with van der Waals surface area (Å²) in [7, 11) is 0. The first-order chi connectivity index (χ1) is 25.6. The zero-order valence-corrected chi connectivity index (χ0v) is 29.0. The quantitative estimate of drug-likeness (QED) is 0.0988. The topological polar surface area (TPSA) is 218 Å². The Hall–Kier alpha value is -5.77. The van der Waals surface area contributed by atoms with Gasteiger partial charge in [0.05, 0.1) is 29.6 Å². The molecule has 1 saturated heterocycles. The van der Waals surface area contributed by atoms with Crippen molar-refractivity contribution >= 4 is 29.1 Å². The number of aliphatic hydroxyl groups is 2. The zero-order chi connectivity index (χ0) is 37.1. The highest BCUT2D eigenvalue weighted by Crippen LogP contribution is 2.42. The lowest BCUT2D eigenvalue weighted by molar-refractivity contribution is -0.122. The summed E-state index contributed by atoms with van der Waals surface area (Å²) in [6.07, 6.45) is -1.05. The molecule has 5 atom stereocenters. The second-order valence-corrected chi connectivity index (χ2v) is 13.5. The lowest BCUT2D eigenvalue weighted by Crippen LogP contribution is -2.53. The van der Waals surface area contributed by atoms with E-state index in [0.29, 0.717) is 48.1 Å². The smallest absolute Gasteiger partial charge is 0.412 e. The molecule has 2 aliphatic rings. The third-order valence-electron chi connectivity index (χ3n) is 10.1. The van der Waals surface area contributed by atoms with Gasteiger partial charge in [-0.1, -0.05) is 49.4 Å². The van der Waals surface area contributed by atoms with Gasteiger partial charge in [-0.25, -0.2) is 14.8 Å². The summed E-state index contributed by atoms with van der Waals surface area (Å²) >= 11 is 0. The molecule has 5 aromatic rings. The van der Waals surface area contributed by atoms with Crippen LogP contribution in [0.1, 0.15) is 48.9 Å². The number of aromatic amines is 1. The average Bonchev–Trinajstić information content (AvgIpc) is 3.89. The molecule has 7 rings (SSSR count). The summed E-state index contributed by atoms with van der Waals surface area (Å²) in [5.41, 5.74) is 1.35. The van der Waals surface area contributed by atoms with Crippen molar-refractivity contribution in [3.8, 4) is 17.2 Å². The number of amides is 2. The first-order valence-electron chi connectivity index (χ1n) is 17.6. The lowest BCUT2D eigenvalue weighted by Gasteiger charge is -2.36. The van der Waals surface area contributed by atoms with Gasteiger partial charge in [0.15, 0.2) is 5.65 Å². The Morgan fingerprint density at radius 2 is 1.64 bits per heavy atom. The highest BCUT2D eigenvalue weighted by molar-refractivity contribution is 5.77. The number of nitrogens with one attached hydrogen (secondary N) is 4. The number of carbonyl (C=O) groups excluding carboxylic acids is 2. The number of fused-ring (bicyclic) bond motifs is 1. The van der Waals surface area contributed by atoms with E-state index in [-0.39, 0.29) is 48.8 Å². The monoisotopic (exact) mass is 722 g/mol. The number of rotatable bonds is 11. The van der Waals surface area contributed by atoms with Crippen molar-refractivity contribution in [3.63, 3.8) is 0 Å². The molecule has 1 saturated carbocycles. The lowest BCUT2D eigenvalue weighted by atomic mass is 9.86. The van der Waals surface area contributed by atoms with E-state index in [2.05, 4.69) is 25.9 Å². The van der Waals surface area contributed by atoms with Gasteiger partial charge in [0.25, 0.3) is 0 Å². The molecule has 1 aliphatic carbocycles. The molecule has 2 aromatic heterocycles. The van der Waals surface area contributed by atoms with E-state index >= 15 is 0 Å². The van der Waals surface area contributed by atoms with E-state index in [0.717, 1.165) is 11.1 Å². The molecule has 0 bridgehead atoms. The van der Waals surface area contributed by atoms with Crippen LogP contribution in [-0.2, 0) is 10.3 Å². The van der Waals surface area contributed by atoms with Crippen LogP contribution in [0.15, 0.2) is 85.2 Å².